The van der Waals surface area contributed by atoms with Crippen LogP contribution in [0.2, 0.25) is 5.02 Å². The van der Waals surface area contributed by atoms with Gasteiger partial charge in [-0.3, -0.25) is 4.79 Å². The molecule has 30 heavy (non-hydrogen) atoms. The van der Waals surface area contributed by atoms with Crippen LogP contribution in [0.15, 0.2) is 47.4 Å². The molecule has 1 saturated heterocycles. The number of carbonyl (C=O) groups excluding carboxylic acids is 1. The summed E-state index contributed by atoms with van der Waals surface area (Å²) in [6, 6.07) is 12.8. The molecule has 0 unspecified atom stereocenters. The molecule has 0 aromatic heterocycles. The van der Waals surface area contributed by atoms with Crippen LogP contribution in [0.25, 0.3) is 0 Å². The average Bonchev–Trinajstić information content (AvgIpc) is 2.76. The number of hydrogen-bond donors (Lipinski definition) is 1. The first-order valence-corrected chi connectivity index (χ1v) is 11.4. The fraction of sp³-hybridized carbons (Fsp3) is 0.333. The number of sulfonamides is 1. The third-order valence-electron chi connectivity index (χ3n) is 4.83. The van der Waals surface area contributed by atoms with Crippen molar-refractivity contribution >= 4 is 33.2 Å². The molecule has 1 heterocycles. The van der Waals surface area contributed by atoms with Gasteiger partial charge in [-0.25, -0.2) is 8.42 Å². The van der Waals surface area contributed by atoms with Crippen LogP contribution in [0.1, 0.15) is 31.7 Å². The zero-order chi connectivity index (χ0) is 21.7. The summed E-state index contributed by atoms with van der Waals surface area (Å²) in [6.45, 7) is 2.50. The Labute approximate surface area is 181 Å². The highest BCUT2D eigenvalue weighted by Gasteiger charge is 2.27. The van der Waals surface area contributed by atoms with E-state index in [1.165, 1.54) is 29.4 Å². The van der Waals surface area contributed by atoms with Gasteiger partial charge in [0.2, 0.25) is 10.0 Å². The lowest BCUT2D eigenvalue weighted by atomic mass is 10.2. The molecule has 2 aromatic carbocycles. The first kappa shape index (κ1) is 22.1. The van der Waals surface area contributed by atoms with Gasteiger partial charge in [0, 0.05) is 13.1 Å². The van der Waals surface area contributed by atoms with Crippen molar-refractivity contribution in [1.82, 2.24) is 4.31 Å². The second-order valence-corrected chi connectivity index (χ2v) is 9.31. The van der Waals surface area contributed by atoms with Crippen molar-refractivity contribution in [2.45, 2.75) is 37.2 Å². The van der Waals surface area contributed by atoms with Crippen molar-refractivity contribution in [3.8, 4) is 11.8 Å². The molecule has 7 nitrogen and oxygen atoms in total. The van der Waals surface area contributed by atoms with Gasteiger partial charge in [0.05, 0.1) is 21.2 Å². The van der Waals surface area contributed by atoms with Gasteiger partial charge in [0.1, 0.15) is 11.8 Å². The first-order valence-electron chi connectivity index (χ1n) is 9.59. The molecule has 0 bridgehead atoms. The molecule has 1 aliphatic heterocycles. The topological polar surface area (TPSA) is 99.5 Å². The number of para-hydroxylation sites is 1. The van der Waals surface area contributed by atoms with Crippen molar-refractivity contribution in [2.24, 2.45) is 0 Å². The van der Waals surface area contributed by atoms with E-state index in [2.05, 4.69) is 5.32 Å². The Morgan fingerprint density at radius 1 is 1.20 bits per heavy atom. The van der Waals surface area contributed by atoms with Crippen LogP contribution in [-0.2, 0) is 14.8 Å². The number of ether oxygens (including phenoxy) is 1. The second kappa shape index (κ2) is 9.47. The van der Waals surface area contributed by atoms with Crippen LogP contribution in [-0.4, -0.2) is 37.8 Å². The molecular formula is C21H22ClN3O4S. The maximum absolute atomic E-state index is 12.9. The largest absolute Gasteiger partial charge is 0.480 e. The minimum Gasteiger partial charge on any atom is -0.480 e. The minimum atomic E-state index is -3.66. The number of piperidine rings is 1. The van der Waals surface area contributed by atoms with Gasteiger partial charge in [0.25, 0.3) is 5.91 Å². The third-order valence-corrected chi connectivity index (χ3v) is 7.05. The molecule has 0 aliphatic carbocycles. The molecule has 3 rings (SSSR count). The molecule has 1 aliphatic rings. The van der Waals surface area contributed by atoms with E-state index < -0.39 is 22.0 Å². The lowest BCUT2D eigenvalue weighted by Crippen LogP contribution is -2.35. The first-order chi connectivity index (χ1) is 14.3. The highest BCUT2D eigenvalue weighted by atomic mass is 35.5. The van der Waals surface area contributed by atoms with E-state index in [1.807, 2.05) is 6.07 Å². The minimum absolute atomic E-state index is 0.0764. The predicted octanol–water partition coefficient (Wildman–Crippen LogP) is 3.79. The summed E-state index contributed by atoms with van der Waals surface area (Å²) in [4.78, 5) is 12.7. The summed E-state index contributed by atoms with van der Waals surface area (Å²) in [6.07, 6.45) is 1.74. The van der Waals surface area contributed by atoms with Crippen LogP contribution in [0.5, 0.6) is 5.75 Å². The van der Waals surface area contributed by atoms with Crippen molar-refractivity contribution < 1.29 is 17.9 Å². The lowest BCUT2D eigenvalue weighted by Gasteiger charge is -2.26. The molecule has 1 fully saturated rings. The SMILES string of the molecule is C[C@@H](Oc1ccccc1C#N)C(=O)Nc1cc(S(=O)(=O)N2CCCCC2)ccc1Cl. The maximum Gasteiger partial charge on any atom is 0.265 e. The Kier molecular flexibility index (Phi) is 6.98. The maximum atomic E-state index is 12.9. The number of nitriles is 1. The number of hydrogen-bond acceptors (Lipinski definition) is 5. The summed E-state index contributed by atoms with van der Waals surface area (Å²) in [5.41, 5.74) is 0.494. The highest BCUT2D eigenvalue weighted by Crippen LogP contribution is 2.28. The number of benzene rings is 2. The lowest BCUT2D eigenvalue weighted by molar-refractivity contribution is -0.122. The number of nitrogens with zero attached hydrogens (tertiary/aromatic N) is 2. The van der Waals surface area contributed by atoms with Gasteiger partial charge >= 0.3 is 0 Å². The Morgan fingerprint density at radius 2 is 1.90 bits per heavy atom. The Bertz CT molecular complexity index is 1080. The average molecular weight is 448 g/mol. The predicted molar refractivity (Wildman–Crippen MR) is 114 cm³/mol. The zero-order valence-corrected chi connectivity index (χ0v) is 18.0. The number of carbonyl (C=O) groups is 1. The number of halogens is 1. The van der Waals surface area contributed by atoms with Gasteiger partial charge < -0.3 is 10.1 Å². The Balaban J connectivity index is 1.76. The molecule has 1 amide bonds. The number of nitrogens with one attached hydrogen (secondary N) is 1. The fourth-order valence-electron chi connectivity index (χ4n) is 3.16. The van der Waals surface area contributed by atoms with E-state index in [-0.39, 0.29) is 21.4 Å². The second-order valence-electron chi connectivity index (χ2n) is 6.96. The highest BCUT2D eigenvalue weighted by molar-refractivity contribution is 7.89. The van der Waals surface area contributed by atoms with Crippen LogP contribution < -0.4 is 10.1 Å². The molecule has 0 radical (unpaired) electrons. The Hall–Kier alpha value is -2.60. The van der Waals surface area contributed by atoms with Crippen LogP contribution in [0.3, 0.4) is 0 Å². The summed E-state index contributed by atoms with van der Waals surface area (Å²) in [5.74, 6) is -0.229. The molecule has 0 spiro atoms. The normalized spacial score (nSPS) is 15.8. The number of amides is 1. The van der Waals surface area contributed by atoms with E-state index in [1.54, 1.807) is 24.3 Å². The molecule has 1 atom stereocenters. The van der Waals surface area contributed by atoms with Gasteiger partial charge in [-0.2, -0.15) is 9.57 Å². The van der Waals surface area contributed by atoms with Crippen LogP contribution >= 0.6 is 11.6 Å². The van der Waals surface area contributed by atoms with E-state index in [4.69, 9.17) is 21.6 Å². The van der Waals surface area contributed by atoms with Gasteiger partial charge in [-0.05, 0) is 50.1 Å². The third kappa shape index (κ3) is 4.93. The summed E-state index contributed by atoms with van der Waals surface area (Å²) >= 11 is 6.18. The molecular weight excluding hydrogens is 426 g/mol. The summed E-state index contributed by atoms with van der Waals surface area (Å²) in [7, 11) is -3.66. The van der Waals surface area contributed by atoms with E-state index in [9.17, 15) is 13.2 Å². The van der Waals surface area contributed by atoms with Gasteiger partial charge in [-0.1, -0.05) is 30.2 Å². The van der Waals surface area contributed by atoms with Crippen molar-refractivity contribution in [1.29, 1.82) is 5.26 Å². The van der Waals surface area contributed by atoms with Crippen LogP contribution in [0.4, 0.5) is 5.69 Å². The van der Waals surface area contributed by atoms with Crippen molar-refractivity contribution in [2.75, 3.05) is 18.4 Å². The van der Waals surface area contributed by atoms with Crippen LogP contribution in [0, 0.1) is 11.3 Å². The standard InChI is InChI=1S/C21H22ClN3O4S/c1-15(29-20-8-4-3-7-16(20)14-23)21(26)24-19-13-17(9-10-18(19)22)30(27,28)25-11-5-2-6-12-25/h3-4,7-10,13,15H,2,5-6,11-12H2,1H3,(H,24,26)/t15-/m1/s1. The quantitative estimate of drug-likeness (QED) is 0.726. The van der Waals surface area contributed by atoms with E-state index in [0.717, 1.165) is 19.3 Å². The van der Waals surface area contributed by atoms with Crippen molar-refractivity contribution in [3.05, 3.63) is 53.1 Å². The Morgan fingerprint density at radius 3 is 2.60 bits per heavy atom. The summed E-state index contributed by atoms with van der Waals surface area (Å²) < 4.78 is 32.8. The number of anilines is 1. The molecule has 1 N–H and O–H groups in total. The molecule has 2 aromatic rings. The van der Waals surface area contributed by atoms with Gasteiger partial charge in [-0.15, -0.1) is 0 Å². The molecule has 9 heteroatoms. The monoisotopic (exact) mass is 447 g/mol. The zero-order valence-electron chi connectivity index (χ0n) is 16.5. The molecule has 0 saturated carbocycles. The molecule has 158 valence electrons. The van der Waals surface area contributed by atoms with Crippen molar-refractivity contribution in [3.63, 3.8) is 0 Å². The van der Waals surface area contributed by atoms with Gasteiger partial charge in [0.15, 0.2) is 6.10 Å². The smallest absolute Gasteiger partial charge is 0.265 e. The number of rotatable bonds is 6. The fourth-order valence-corrected chi connectivity index (χ4v) is 4.86. The van der Waals surface area contributed by atoms with E-state index >= 15 is 0 Å². The van der Waals surface area contributed by atoms with E-state index in [0.29, 0.717) is 18.7 Å². The summed E-state index contributed by atoms with van der Waals surface area (Å²) in [5, 5.41) is 12.0.